The van der Waals surface area contributed by atoms with Crippen molar-refractivity contribution in [3.05, 3.63) is 83.4 Å². The van der Waals surface area contributed by atoms with Crippen LogP contribution in [0.2, 0.25) is 0 Å². The molecular formula is C21H22N2O4S2. The lowest BCUT2D eigenvalue weighted by molar-refractivity contribution is 0.598. The summed E-state index contributed by atoms with van der Waals surface area (Å²) in [5.41, 5.74) is 3.11. The SMILES string of the molecule is Cc1ccc(NS(=O)(=O)c2ccc(C)c(NS(=O)(=O)c3ccccc3)c2)c(C)c1. The molecule has 0 spiro atoms. The van der Waals surface area contributed by atoms with E-state index in [1.54, 1.807) is 37.3 Å². The van der Waals surface area contributed by atoms with Crippen molar-refractivity contribution in [3.63, 3.8) is 0 Å². The average Bonchev–Trinajstić information content (AvgIpc) is 2.66. The van der Waals surface area contributed by atoms with Crippen molar-refractivity contribution < 1.29 is 16.8 Å². The van der Waals surface area contributed by atoms with Gasteiger partial charge in [0.05, 0.1) is 21.2 Å². The molecule has 2 N–H and O–H groups in total. The summed E-state index contributed by atoms with van der Waals surface area (Å²) in [5.74, 6) is 0. The van der Waals surface area contributed by atoms with Crippen molar-refractivity contribution in [2.75, 3.05) is 9.44 Å². The maximum absolute atomic E-state index is 12.8. The van der Waals surface area contributed by atoms with E-state index in [0.717, 1.165) is 11.1 Å². The zero-order chi connectivity index (χ0) is 21.2. The molecule has 0 amide bonds. The van der Waals surface area contributed by atoms with Gasteiger partial charge in [0, 0.05) is 0 Å². The standard InChI is InChI=1S/C21H22N2O4S2/c1-15-9-12-20(17(3)13-15)22-29(26,27)19-11-10-16(2)21(14-19)23-28(24,25)18-7-5-4-6-8-18/h4-14,22-23H,1-3H3. The van der Waals surface area contributed by atoms with Crippen molar-refractivity contribution in [2.24, 2.45) is 0 Å². The van der Waals surface area contributed by atoms with Crippen molar-refractivity contribution in [1.29, 1.82) is 0 Å². The maximum atomic E-state index is 12.8. The van der Waals surface area contributed by atoms with Gasteiger partial charge in [-0.15, -0.1) is 0 Å². The molecule has 3 aromatic carbocycles. The molecule has 3 rings (SSSR count). The smallest absolute Gasteiger partial charge is 0.261 e. The van der Waals surface area contributed by atoms with Gasteiger partial charge in [0.25, 0.3) is 20.0 Å². The van der Waals surface area contributed by atoms with E-state index in [0.29, 0.717) is 11.3 Å². The van der Waals surface area contributed by atoms with E-state index >= 15 is 0 Å². The molecule has 0 unspecified atom stereocenters. The number of benzene rings is 3. The third-order valence-electron chi connectivity index (χ3n) is 4.44. The van der Waals surface area contributed by atoms with Crippen LogP contribution in [0.5, 0.6) is 0 Å². The summed E-state index contributed by atoms with van der Waals surface area (Å²) in [6.07, 6.45) is 0. The van der Waals surface area contributed by atoms with E-state index in [2.05, 4.69) is 9.44 Å². The Labute approximate surface area is 171 Å². The Kier molecular flexibility index (Phi) is 5.68. The van der Waals surface area contributed by atoms with Crippen molar-refractivity contribution >= 4 is 31.4 Å². The molecule has 0 heterocycles. The molecule has 0 bridgehead atoms. The Balaban J connectivity index is 1.94. The second kappa shape index (κ2) is 7.88. The molecule has 0 aliphatic heterocycles. The zero-order valence-corrected chi connectivity index (χ0v) is 17.9. The van der Waals surface area contributed by atoms with Crippen LogP contribution >= 0.6 is 0 Å². The predicted molar refractivity (Wildman–Crippen MR) is 115 cm³/mol. The lowest BCUT2D eigenvalue weighted by Gasteiger charge is -2.14. The molecule has 0 saturated carbocycles. The minimum absolute atomic E-state index is 0.0335. The summed E-state index contributed by atoms with van der Waals surface area (Å²) < 4.78 is 56.0. The van der Waals surface area contributed by atoms with Crippen LogP contribution in [-0.2, 0) is 20.0 Å². The quantitative estimate of drug-likeness (QED) is 0.613. The van der Waals surface area contributed by atoms with Crippen LogP contribution in [0.1, 0.15) is 16.7 Å². The topological polar surface area (TPSA) is 92.3 Å². The number of sulfonamides is 2. The van der Waals surface area contributed by atoms with Gasteiger partial charge in [0.2, 0.25) is 0 Å². The van der Waals surface area contributed by atoms with Crippen LogP contribution in [0.25, 0.3) is 0 Å². The van der Waals surface area contributed by atoms with Gasteiger partial charge in [-0.05, 0) is 62.2 Å². The van der Waals surface area contributed by atoms with Gasteiger partial charge in [-0.2, -0.15) is 0 Å². The molecule has 0 aliphatic carbocycles. The van der Waals surface area contributed by atoms with E-state index in [-0.39, 0.29) is 15.5 Å². The Morgan fingerprint density at radius 1 is 0.586 bits per heavy atom. The summed E-state index contributed by atoms with van der Waals surface area (Å²) in [6, 6.07) is 17.6. The molecule has 152 valence electrons. The third kappa shape index (κ3) is 4.78. The lowest BCUT2D eigenvalue weighted by Crippen LogP contribution is -2.16. The molecular weight excluding hydrogens is 408 g/mol. The van der Waals surface area contributed by atoms with Crippen LogP contribution in [0, 0.1) is 20.8 Å². The van der Waals surface area contributed by atoms with Crippen molar-refractivity contribution in [3.8, 4) is 0 Å². The fourth-order valence-corrected chi connectivity index (χ4v) is 5.11. The van der Waals surface area contributed by atoms with Crippen LogP contribution in [0.15, 0.2) is 76.5 Å². The fraction of sp³-hybridized carbons (Fsp3) is 0.143. The Morgan fingerprint density at radius 2 is 1.21 bits per heavy atom. The first kappa shape index (κ1) is 20.9. The second-order valence-corrected chi connectivity index (χ2v) is 10.2. The highest BCUT2D eigenvalue weighted by molar-refractivity contribution is 7.93. The van der Waals surface area contributed by atoms with Crippen LogP contribution in [0.3, 0.4) is 0 Å². The van der Waals surface area contributed by atoms with E-state index < -0.39 is 20.0 Å². The monoisotopic (exact) mass is 430 g/mol. The highest BCUT2D eigenvalue weighted by Crippen LogP contribution is 2.26. The molecule has 3 aromatic rings. The van der Waals surface area contributed by atoms with Crippen LogP contribution < -0.4 is 9.44 Å². The molecule has 0 saturated heterocycles. The Bertz CT molecular complexity index is 1250. The minimum Gasteiger partial charge on any atom is -0.279 e. The van der Waals surface area contributed by atoms with Gasteiger partial charge in [0.15, 0.2) is 0 Å². The average molecular weight is 431 g/mol. The molecule has 6 nitrogen and oxygen atoms in total. The molecule has 29 heavy (non-hydrogen) atoms. The van der Waals surface area contributed by atoms with Crippen LogP contribution in [0.4, 0.5) is 11.4 Å². The van der Waals surface area contributed by atoms with Crippen LogP contribution in [-0.4, -0.2) is 16.8 Å². The number of rotatable bonds is 6. The van der Waals surface area contributed by atoms with Crippen molar-refractivity contribution in [2.45, 2.75) is 30.6 Å². The van der Waals surface area contributed by atoms with Crippen molar-refractivity contribution in [1.82, 2.24) is 0 Å². The summed E-state index contributed by atoms with van der Waals surface area (Å²) in [6.45, 7) is 5.45. The predicted octanol–water partition coefficient (Wildman–Crippen LogP) is 4.21. The molecule has 0 fully saturated rings. The molecule has 0 radical (unpaired) electrons. The molecule has 0 aliphatic rings. The fourth-order valence-electron chi connectivity index (χ4n) is 2.81. The van der Waals surface area contributed by atoms with Gasteiger partial charge >= 0.3 is 0 Å². The molecule has 8 heteroatoms. The molecule has 0 atom stereocenters. The summed E-state index contributed by atoms with van der Waals surface area (Å²) >= 11 is 0. The first-order valence-electron chi connectivity index (χ1n) is 8.87. The van der Waals surface area contributed by atoms with Gasteiger partial charge in [0.1, 0.15) is 0 Å². The summed E-state index contributed by atoms with van der Waals surface area (Å²) in [4.78, 5) is 0.0647. The third-order valence-corrected chi connectivity index (χ3v) is 7.19. The zero-order valence-electron chi connectivity index (χ0n) is 16.3. The maximum Gasteiger partial charge on any atom is 0.261 e. The number of anilines is 2. The molecule has 0 aromatic heterocycles. The first-order valence-corrected chi connectivity index (χ1v) is 11.8. The number of hydrogen-bond acceptors (Lipinski definition) is 4. The second-order valence-electron chi connectivity index (χ2n) is 6.82. The Hall–Kier alpha value is -2.84. The van der Waals surface area contributed by atoms with E-state index in [9.17, 15) is 16.8 Å². The van der Waals surface area contributed by atoms with E-state index in [1.807, 2.05) is 26.0 Å². The largest absolute Gasteiger partial charge is 0.279 e. The summed E-state index contributed by atoms with van der Waals surface area (Å²) in [5, 5.41) is 0. The normalized spacial score (nSPS) is 11.8. The highest BCUT2D eigenvalue weighted by Gasteiger charge is 2.19. The number of nitrogens with one attached hydrogen (secondary N) is 2. The van der Waals surface area contributed by atoms with Gasteiger partial charge in [-0.1, -0.05) is 42.0 Å². The van der Waals surface area contributed by atoms with Gasteiger partial charge in [-0.3, -0.25) is 9.44 Å². The lowest BCUT2D eigenvalue weighted by atomic mass is 10.1. The number of aryl methyl sites for hydroxylation is 3. The van der Waals surface area contributed by atoms with E-state index in [1.165, 1.54) is 24.3 Å². The Morgan fingerprint density at radius 3 is 1.86 bits per heavy atom. The minimum atomic E-state index is -3.89. The highest BCUT2D eigenvalue weighted by atomic mass is 32.2. The van der Waals surface area contributed by atoms with E-state index in [4.69, 9.17) is 0 Å². The number of hydrogen-bond donors (Lipinski definition) is 2. The van der Waals surface area contributed by atoms with Gasteiger partial charge < -0.3 is 0 Å². The van der Waals surface area contributed by atoms with Gasteiger partial charge in [-0.25, -0.2) is 16.8 Å². The first-order chi connectivity index (χ1) is 13.6. The summed E-state index contributed by atoms with van der Waals surface area (Å²) in [7, 11) is -7.73.